The van der Waals surface area contributed by atoms with Crippen LogP contribution in [0.4, 0.5) is 5.69 Å². The third kappa shape index (κ3) is 3.14. The number of anilines is 1. The number of carbonyl (C=O) groups is 1. The van der Waals surface area contributed by atoms with Crippen LogP contribution < -0.4 is 11.6 Å². The van der Waals surface area contributed by atoms with E-state index in [9.17, 15) is 9.90 Å². The number of carbonyl (C=O) groups excluding carboxylic acids is 1. The number of fused-ring (bicyclic) bond motifs is 1. The van der Waals surface area contributed by atoms with E-state index < -0.39 is 5.60 Å². The van der Waals surface area contributed by atoms with Crippen molar-refractivity contribution < 1.29 is 14.5 Å². The normalized spacial score (nSPS) is 28.9. The molecule has 0 amide bonds. The Labute approximate surface area is 180 Å². The highest BCUT2D eigenvalue weighted by Gasteiger charge is 2.50. The van der Waals surface area contributed by atoms with Crippen molar-refractivity contribution in [2.45, 2.75) is 25.4 Å². The first-order valence-corrected chi connectivity index (χ1v) is 10.2. The molecule has 0 aromatic heterocycles. The first-order chi connectivity index (χ1) is 14.8. The summed E-state index contributed by atoms with van der Waals surface area (Å²) in [6.07, 6.45) is 6.42. The Hall–Kier alpha value is -3.39. The number of rotatable bonds is 4. The van der Waals surface area contributed by atoms with Crippen LogP contribution in [0.15, 0.2) is 82.3 Å². The lowest BCUT2D eigenvalue weighted by molar-refractivity contribution is -0.750. The molecule has 1 atom stereocenters. The molecule has 2 aliphatic heterocycles. The number of nitrogen functional groups attached to an aromatic ring is 1. The van der Waals surface area contributed by atoms with Gasteiger partial charge in [-0.1, -0.05) is 30.3 Å². The zero-order chi connectivity index (χ0) is 21.8. The minimum Gasteiger partial charge on any atom is -0.398 e. The maximum atomic E-state index is 12.8. The molecule has 1 saturated carbocycles. The summed E-state index contributed by atoms with van der Waals surface area (Å²) in [7, 11) is 0. The van der Waals surface area contributed by atoms with Gasteiger partial charge in [0.2, 0.25) is 5.70 Å². The first kappa shape index (κ1) is 19.6. The van der Waals surface area contributed by atoms with Crippen LogP contribution in [0, 0.1) is 5.92 Å². The Bertz CT molecular complexity index is 1200. The average Bonchev–Trinajstić information content (AvgIpc) is 3.05. The molecule has 0 bridgehead atoms. The second-order valence-electron chi connectivity index (χ2n) is 8.66. The number of hydrogen-bond donors (Lipinski definition) is 3. The minimum atomic E-state index is -0.674. The molecule has 2 aromatic rings. The van der Waals surface area contributed by atoms with Gasteiger partial charge < -0.3 is 10.8 Å². The number of quaternary nitrogens is 1. The molecule has 0 radical (unpaired) electrons. The van der Waals surface area contributed by atoms with Gasteiger partial charge in [0.05, 0.1) is 23.6 Å². The van der Waals surface area contributed by atoms with Crippen LogP contribution in [0.1, 0.15) is 41.3 Å². The largest absolute Gasteiger partial charge is 0.398 e. The number of hydrogen-bond acceptors (Lipinski definition) is 6. The van der Waals surface area contributed by atoms with Gasteiger partial charge in [-0.2, -0.15) is 10.8 Å². The fourth-order valence-corrected chi connectivity index (χ4v) is 4.56. The molecule has 7 heteroatoms. The molecule has 2 aromatic carbocycles. The van der Waals surface area contributed by atoms with Crippen LogP contribution in [0.3, 0.4) is 0 Å². The van der Waals surface area contributed by atoms with Gasteiger partial charge in [-0.25, -0.2) is 0 Å². The fourth-order valence-electron chi connectivity index (χ4n) is 4.56. The van der Waals surface area contributed by atoms with Crippen molar-refractivity contribution in [3.63, 3.8) is 0 Å². The fraction of sp³-hybridized carbons (Fsp3) is 0.208. The summed E-state index contributed by atoms with van der Waals surface area (Å²) in [5.74, 6) is 7.36. The van der Waals surface area contributed by atoms with Crippen molar-refractivity contribution in [2.75, 3.05) is 5.73 Å². The van der Waals surface area contributed by atoms with Gasteiger partial charge in [0.25, 0.3) is 5.84 Å². The number of aliphatic hydroxyl groups is 1. The summed E-state index contributed by atoms with van der Waals surface area (Å²) in [5, 5.41) is 10.2. The molecule has 5 N–H and O–H groups in total. The Kier molecular flexibility index (Phi) is 4.30. The highest BCUT2D eigenvalue weighted by Crippen LogP contribution is 2.46. The SMILES string of the molecule is CC1(O)CC(C2=C3C=NC=C[N+]3(N)C(c3ccc(C(=O)c4ccccc4)c(N)c3)=N2)C1. The molecular formula is C24H24N5O2+. The number of aliphatic imine (C=N–C) groups is 2. The van der Waals surface area contributed by atoms with Gasteiger partial charge in [0.15, 0.2) is 5.78 Å². The Morgan fingerprint density at radius 3 is 2.61 bits per heavy atom. The van der Waals surface area contributed by atoms with Crippen molar-refractivity contribution in [1.29, 1.82) is 0 Å². The maximum absolute atomic E-state index is 12.8. The maximum Gasteiger partial charge on any atom is 0.264 e. The number of benzene rings is 2. The van der Waals surface area contributed by atoms with Crippen molar-refractivity contribution in [1.82, 2.24) is 0 Å². The number of nitrogens with two attached hydrogens (primary N) is 2. The zero-order valence-corrected chi connectivity index (χ0v) is 17.2. The smallest absolute Gasteiger partial charge is 0.264 e. The van der Waals surface area contributed by atoms with E-state index in [4.69, 9.17) is 16.6 Å². The third-order valence-electron chi connectivity index (χ3n) is 6.17. The highest BCUT2D eigenvalue weighted by molar-refractivity contribution is 6.13. The van der Waals surface area contributed by atoms with Gasteiger partial charge in [0, 0.05) is 22.7 Å². The average molecular weight is 414 g/mol. The standard InChI is InChI=1S/C24H23N5O2/c1-24(31)12-17(13-24)21-20-14-27-9-10-29(20,26)23(28-21)16-7-8-18(19(25)11-16)22(30)15-5-3-2-4-6-15/h2-11,14,17,31H,12-13,26H2,1H3,(H-,25,30)/p+1. The third-order valence-corrected chi connectivity index (χ3v) is 6.17. The van der Waals surface area contributed by atoms with Crippen LogP contribution >= 0.6 is 0 Å². The van der Waals surface area contributed by atoms with E-state index >= 15 is 0 Å². The molecule has 1 fully saturated rings. The first-order valence-electron chi connectivity index (χ1n) is 10.2. The Morgan fingerprint density at radius 2 is 1.94 bits per heavy atom. The van der Waals surface area contributed by atoms with Crippen LogP contribution in [-0.2, 0) is 0 Å². The van der Waals surface area contributed by atoms with Crippen LogP contribution in [-0.4, -0.2) is 33.1 Å². The molecular weight excluding hydrogens is 390 g/mol. The number of allylic oxidation sites excluding steroid dienone is 2. The summed E-state index contributed by atoms with van der Waals surface area (Å²) in [5.41, 5.74) is 9.39. The molecule has 156 valence electrons. The molecule has 7 nitrogen and oxygen atoms in total. The van der Waals surface area contributed by atoms with E-state index in [1.807, 2.05) is 31.2 Å². The minimum absolute atomic E-state index is 0.108. The lowest BCUT2D eigenvalue weighted by Crippen LogP contribution is -2.53. The van der Waals surface area contributed by atoms with Crippen molar-refractivity contribution in [3.05, 3.63) is 89.0 Å². The predicted octanol–water partition coefficient (Wildman–Crippen LogP) is 2.88. The second kappa shape index (κ2) is 6.81. The molecule has 2 heterocycles. The van der Waals surface area contributed by atoms with Crippen LogP contribution in [0.2, 0.25) is 0 Å². The van der Waals surface area contributed by atoms with Crippen molar-refractivity contribution in [3.8, 4) is 0 Å². The van der Waals surface area contributed by atoms with Gasteiger partial charge in [-0.3, -0.25) is 9.79 Å². The molecule has 31 heavy (non-hydrogen) atoms. The number of nitrogens with zero attached hydrogens (tertiary/aromatic N) is 3. The van der Waals surface area contributed by atoms with Crippen LogP contribution in [0.5, 0.6) is 0 Å². The van der Waals surface area contributed by atoms with E-state index in [0.29, 0.717) is 35.5 Å². The van der Waals surface area contributed by atoms with Gasteiger partial charge in [-0.15, -0.1) is 4.59 Å². The summed E-state index contributed by atoms with van der Waals surface area (Å²) in [6, 6.07) is 14.4. The molecule has 3 aliphatic rings. The Morgan fingerprint density at radius 1 is 1.19 bits per heavy atom. The lowest BCUT2D eigenvalue weighted by Gasteiger charge is -2.40. The number of ketones is 1. The van der Waals surface area contributed by atoms with E-state index in [0.717, 1.165) is 17.0 Å². The topological polar surface area (TPSA) is 114 Å². The molecule has 5 rings (SSSR count). The second-order valence-corrected chi connectivity index (χ2v) is 8.66. The molecule has 0 saturated heterocycles. The van der Waals surface area contributed by atoms with E-state index in [1.165, 1.54) is 0 Å². The van der Waals surface area contributed by atoms with Gasteiger partial charge in [0.1, 0.15) is 11.9 Å². The zero-order valence-electron chi connectivity index (χ0n) is 17.2. The predicted molar refractivity (Wildman–Crippen MR) is 120 cm³/mol. The van der Waals surface area contributed by atoms with Crippen molar-refractivity contribution in [2.24, 2.45) is 21.7 Å². The summed E-state index contributed by atoms with van der Waals surface area (Å²) < 4.78 is -0.108. The number of amidine groups is 1. The van der Waals surface area contributed by atoms with E-state index in [1.54, 1.807) is 42.9 Å². The summed E-state index contributed by atoms with van der Waals surface area (Å²) in [6.45, 7) is 1.83. The van der Waals surface area contributed by atoms with E-state index in [-0.39, 0.29) is 16.3 Å². The monoisotopic (exact) mass is 414 g/mol. The van der Waals surface area contributed by atoms with Crippen molar-refractivity contribution >= 4 is 23.5 Å². The van der Waals surface area contributed by atoms with E-state index in [2.05, 4.69) is 4.99 Å². The molecule has 1 unspecified atom stereocenters. The highest BCUT2D eigenvalue weighted by atomic mass is 16.3. The molecule has 0 spiro atoms. The summed E-state index contributed by atoms with van der Waals surface area (Å²) >= 11 is 0. The molecule has 1 aliphatic carbocycles. The van der Waals surface area contributed by atoms with Gasteiger partial charge in [-0.05, 0) is 38.0 Å². The quantitative estimate of drug-likeness (QED) is 0.309. The van der Waals surface area contributed by atoms with Crippen LogP contribution in [0.25, 0.3) is 0 Å². The van der Waals surface area contributed by atoms with Gasteiger partial charge >= 0.3 is 0 Å². The lowest BCUT2D eigenvalue weighted by atomic mass is 9.70. The Balaban J connectivity index is 1.52. The summed E-state index contributed by atoms with van der Waals surface area (Å²) in [4.78, 5) is 22.0.